The zero-order valence-corrected chi connectivity index (χ0v) is 18.1. The number of carbonyl (C=O) groups is 1. The van der Waals surface area contributed by atoms with Gasteiger partial charge in [-0.2, -0.15) is 5.26 Å². The molecule has 1 amide bonds. The first kappa shape index (κ1) is 20.9. The van der Waals surface area contributed by atoms with E-state index in [1.807, 2.05) is 53.9 Å². The van der Waals surface area contributed by atoms with Crippen LogP contribution in [-0.4, -0.2) is 16.0 Å². The predicted octanol–water partition coefficient (Wildman–Crippen LogP) is 6.52. The zero-order valence-electron chi connectivity index (χ0n) is 15.8. The molecule has 2 N–H and O–H groups in total. The molecule has 0 atom stereocenters. The van der Waals surface area contributed by atoms with Gasteiger partial charge in [0.2, 0.25) is 0 Å². The van der Waals surface area contributed by atoms with Crippen LogP contribution in [0.3, 0.4) is 0 Å². The van der Waals surface area contributed by atoms with Gasteiger partial charge in [0, 0.05) is 10.9 Å². The van der Waals surface area contributed by atoms with Gasteiger partial charge in [0.1, 0.15) is 11.6 Å². The number of nitrogens with zero attached hydrogens (tertiary/aromatic N) is 2. The summed E-state index contributed by atoms with van der Waals surface area (Å²) in [4.78, 5) is 17.0. The Morgan fingerprint density at radius 3 is 2.52 bits per heavy atom. The molecule has 0 radical (unpaired) electrons. The predicted molar refractivity (Wildman–Crippen MR) is 125 cm³/mol. The Morgan fingerprint density at radius 2 is 1.81 bits per heavy atom. The van der Waals surface area contributed by atoms with Gasteiger partial charge in [-0.25, -0.2) is 4.98 Å². The molecular weight excluding hydrogens is 453 g/mol. The first-order valence-electron chi connectivity index (χ1n) is 9.00. The Hall–Kier alpha value is -3.37. The van der Waals surface area contributed by atoms with E-state index in [-0.39, 0.29) is 21.4 Å². The van der Waals surface area contributed by atoms with Crippen molar-refractivity contribution in [2.45, 2.75) is 0 Å². The molecule has 152 valence electrons. The summed E-state index contributed by atoms with van der Waals surface area (Å²) in [7, 11) is 0. The lowest BCUT2D eigenvalue weighted by atomic mass is 10.1. The molecule has 0 saturated carbocycles. The van der Waals surface area contributed by atoms with Gasteiger partial charge in [0.05, 0.1) is 15.7 Å². The number of phenolic OH excluding ortho intramolecular Hbond substituents is 1. The van der Waals surface area contributed by atoms with E-state index in [2.05, 4.69) is 10.3 Å². The molecule has 4 rings (SSSR count). The van der Waals surface area contributed by atoms with Crippen molar-refractivity contribution >= 4 is 62.4 Å². The second kappa shape index (κ2) is 8.78. The summed E-state index contributed by atoms with van der Waals surface area (Å²) in [6.07, 6.45) is 1.34. The van der Waals surface area contributed by atoms with Crippen LogP contribution < -0.4 is 5.32 Å². The van der Waals surface area contributed by atoms with Crippen molar-refractivity contribution in [1.29, 1.82) is 5.26 Å². The van der Waals surface area contributed by atoms with Gasteiger partial charge in [-0.3, -0.25) is 10.1 Å². The molecule has 8 heteroatoms. The van der Waals surface area contributed by atoms with E-state index in [1.54, 1.807) is 0 Å². The number of nitrogens with one attached hydrogen (secondary N) is 1. The number of amides is 1. The summed E-state index contributed by atoms with van der Waals surface area (Å²) in [6.45, 7) is 0. The van der Waals surface area contributed by atoms with E-state index in [0.29, 0.717) is 10.7 Å². The minimum absolute atomic E-state index is 0.0244. The summed E-state index contributed by atoms with van der Waals surface area (Å²) in [6, 6.07) is 18.7. The fourth-order valence-corrected chi connectivity index (χ4v) is 4.18. The maximum Gasteiger partial charge on any atom is 0.268 e. The fourth-order valence-electron chi connectivity index (χ4n) is 2.96. The van der Waals surface area contributed by atoms with Crippen LogP contribution in [0.1, 0.15) is 5.56 Å². The second-order valence-electron chi connectivity index (χ2n) is 6.56. The molecule has 0 saturated heterocycles. The molecule has 5 nitrogen and oxygen atoms in total. The highest BCUT2D eigenvalue weighted by molar-refractivity contribution is 7.14. The first-order valence-corrected chi connectivity index (χ1v) is 10.6. The molecule has 4 aromatic rings. The fraction of sp³-hybridized carbons (Fsp3) is 0. The highest BCUT2D eigenvalue weighted by Gasteiger charge is 2.14. The Bertz CT molecular complexity index is 1370. The number of benzene rings is 3. The van der Waals surface area contributed by atoms with Crippen LogP contribution in [0.25, 0.3) is 28.1 Å². The molecule has 0 unspecified atom stereocenters. The Labute approximate surface area is 191 Å². The molecular formula is C23H13Cl2N3O2S. The number of aromatic hydroxyl groups is 1. The number of aromatic nitrogens is 1. The van der Waals surface area contributed by atoms with Gasteiger partial charge in [-0.15, -0.1) is 11.3 Å². The van der Waals surface area contributed by atoms with Crippen molar-refractivity contribution in [1.82, 2.24) is 4.98 Å². The number of thiazole rings is 1. The molecule has 3 aromatic carbocycles. The zero-order chi connectivity index (χ0) is 22.0. The lowest BCUT2D eigenvalue weighted by Gasteiger charge is -2.04. The molecule has 0 bridgehead atoms. The summed E-state index contributed by atoms with van der Waals surface area (Å²) in [5.74, 6) is -0.866. The van der Waals surface area contributed by atoms with E-state index < -0.39 is 5.91 Å². The SMILES string of the molecule is N#C/C(=C\c1cc(Cl)c(O)c(Cl)c1)C(=O)Nc1nc(-c2ccc3ccccc3c2)cs1. The number of halogens is 2. The standard InChI is InChI=1S/C23H13Cl2N3O2S/c24-18-8-13(9-19(25)21(18)29)7-17(11-26)22(30)28-23-27-20(12-31-23)16-6-5-14-3-1-2-4-15(14)10-16/h1-10,12,29H,(H,27,28,30)/b17-7+. The molecule has 0 aliphatic rings. The first-order chi connectivity index (χ1) is 14.9. The van der Waals surface area contributed by atoms with E-state index in [4.69, 9.17) is 23.2 Å². The van der Waals surface area contributed by atoms with Gasteiger partial charge in [-0.05, 0) is 40.6 Å². The number of carbonyl (C=O) groups excluding carboxylic acids is 1. The highest BCUT2D eigenvalue weighted by Crippen LogP contribution is 2.33. The third kappa shape index (κ3) is 4.54. The summed E-state index contributed by atoms with van der Waals surface area (Å²) in [5, 5.41) is 26.2. The number of anilines is 1. The van der Waals surface area contributed by atoms with Crippen LogP contribution in [0, 0.1) is 11.3 Å². The van der Waals surface area contributed by atoms with Crippen LogP contribution in [0.2, 0.25) is 10.0 Å². The molecule has 0 aliphatic carbocycles. The lowest BCUT2D eigenvalue weighted by Crippen LogP contribution is -2.13. The lowest BCUT2D eigenvalue weighted by molar-refractivity contribution is -0.112. The minimum Gasteiger partial charge on any atom is -0.505 e. The number of rotatable bonds is 4. The van der Waals surface area contributed by atoms with Crippen molar-refractivity contribution in [3.63, 3.8) is 0 Å². The van der Waals surface area contributed by atoms with Crippen molar-refractivity contribution in [3.8, 4) is 23.1 Å². The van der Waals surface area contributed by atoms with Gasteiger partial charge < -0.3 is 5.11 Å². The maximum absolute atomic E-state index is 12.6. The van der Waals surface area contributed by atoms with Crippen molar-refractivity contribution in [2.24, 2.45) is 0 Å². The monoisotopic (exact) mass is 465 g/mol. The number of hydrogen-bond acceptors (Lipinski definition) is 5. The van der Waals surface area contributed by atoms with Crippen molar-refractivity contribution in [3.05, 3.63) is 81.2 Å². The Kier molecular flexibility index (Phi) is 5.92. The molecule has 0 fully saturated rings. The molecule has 0 spiro atoms. The topological polar surface area (TPSA) is 86.0 Å². The van der Waals surface area contributed by atoms with Gasteiger partial charge >= 0.3 is 0 Å². The quantitative estimate of drug-likeness (QED) is 0.265. The smallest absolute Gasteiger partial charge is 0.268 e. The average molecular weight is 466 g/mol. The van der Waals surface area contributed by atoms with Crippen LogP contribution in [0.15, 0.2) is 65.6 Å². The molecule has 31 heavy (non-hydrogen) atoms. The normalized spacial score (nSPS) is 11.3. The van der Waals surface area contributed by atoms with Crippen LogP contribution >= 0.6 is 34.5 Å². The third-order valence-corrected chi connectivity index (χ3v) is 5.82. The number of fused-ring (bicyclic) bond motifs is 1. The number of nitriles is 1. The molecule has 1 heterocycles. The summed E-state index contributed by atoms with van der Waals surface area (Å²) >= 11 is 13.1. The highest BCUT2D eigenvalue weighted by atomic mass is 35.5. The second-order valence-corrected chi connectivity index (χ2v) is 8.23. The molecule has 0 aliphatic heterocycles. The average Bonchev–Trinajstić information content (AvgIpc) is 3.23. The Morgan fingerprint density at radius 1 is 1.10 bits per heavy atom. The van der Waals surface area contributed by atoms with Gasteiger partial charge in [0.15, 0.2) is 10.9 Å². The van der Waals surface area contributed by atoms with Crippen LogP contribution in [-0.2, 0) is 4.79 Å². The number of hydrogen-bond donors (Lipinski definition) is 2. The van der Waals surface area contributed by atoms with Crippen LogP contribution in [0.5, 0.6) is 5.75 Å². The third-order valence-electron chi connectivity index (χ3n) is 4.49. The van der Waals surface area contributed by atoms with Crippen molar-refractivity contribution in [2.75, 3.05) is 5.32 Å². The van der Waals surface area contributed by atoms with Gasteiger partial charge in [-0.1, -0.05) is 59.6 Å². The van der Waals surface area contributed by atoms with E-state index in [0.717, 1.165) is 22.0 Å². The molecule has 1 aromatic heterocycles. The minimum atomic E-state index is -0.609. The maximum atomic E-state index is 12.6. The number of phenols is 1. The van der Waals surface area contributed by atoms with E-state index >= 15 is 0 Å². The van der Waals surface area contributed by atoms with Crippen LogP contribution in [0.4, 0.5) is 5.13 Å². The van der Waals surface area contributed by atoms with Gasteiger partial charge in [0.25, 0.3) is 5.91 Å². The van der Waals surface area contributed by atoms with Crippen molar-refractivity contribution < 1.29 is 9.90 Å². The summed E-state index contributed by atoms with van der Waals surface area (Å²) < 4.78 is 0. The Balaban J connectivity index is 1.55. The largest absolute Gasteiger partial charge is 0.505 e. The van der Waals surface area contributed by atoms with E-state index in [9.17, 15) is 15.2 Å². The summed E-state index contributed by atoms with van der Waals surface area (Å²) in [5.41, 5.74) is 1.92. The van der Waals surface area contributed by atoms with E-state index in [1.165, 1.54) is 29.5 Å².